The van der Waals surface area contributed by atoms with Gasteiger partial charge in [-0.25, -0.2) is 9.78 Å². The van der Waals surface area contributed by atoms with E-state index in [0.717, 1.165) is 25.2 Å². The number of aromatic nitrogens is 1. The molecule has 0 bridgehead atoms. The Kier molecular flexibility index (Phi) is 4.71. The minimum absolute atomic E-state index is 0.0929. The summed E-state index contributed by atoms with van der Waals surface area (Å²) in [7, 11) is 0. The zero-order valence-corrected chi connectivity index (χ0v) is 12.0. The van der Waals surface area contributed by atoms with E-state index in [1.54, 1.807) is 19.9 Å². The van der Waals surface area contributed by atoms with Gasteiger partial charge in [-0.15, -0.1) is 0 Å². The Morgan fingerprint density at radius 3 is 2.85 bits per heavy atom. The summed E-state index contributed by atoms with van der Waals surface area (Å²) in [5.74, 6) is 0.781. The highest BCUT2D eigenvalue weighted by Crippen LogP contribution is 2.22. The molecule has 0 amide bonds. The lowest BCUT2D eigenvalue weighted by molar-refractivity contribution is -0.120. The fourth-order valence-electron chi connectivity index (χ4n) is 2.43. The molecule has 20 heavy (non-hydrogen) atoms. The number of pyridine rings is 1. The first-order valence-corrected chi connectivity index (χ1v) is 7.00. The number of hydrogen-bond acceptors (Lipinski definition) is 5. The van der Waals surface area contributed by atoms with Gasteiger partial charge in [-0.3, -0.25) is 4.79 Å². The van der Waals surface area contributed by atoms with Crippen molar-refractivity contribution in [3.05, 3.63) is 23.9 Å². The molecule has 0 N–H and O–H groups in total. The van der Waals surface area contributed by atoms with Gasteiger partial charge in [-0.05, 0) is 38.8 Å². The van der Waals surface area contributed by atoms with E-state index in [-0.39, 0.29) is 17.7 Å². The maximum atomic E-state index is 11.6. The van der Waals surface area contributed by atoms with Gasteiger partial charge >= 0.3 is 5.97 Å². The Morgan fingerprint density at radius 2 is 2.25 bits per heavy atom. The molecule has 0 spiro atoms. The summed E-state index contributed by atoms with van der Waals surface area (Å²) in [5.41, 5.74) is 0.454. The first-order valence-electron chi connectivity index (χ1n) is 7.00. The molecule has 1 aliphatic heterocycles. The Bertz CT molecular complexity index is 484. The summed E-state index contributed by atoms with van der Waals surface area (Å²) in [6, 6.07) is 3.53. The van der Waals surface area contributed by atoms with Crippen LogP contribution in [0.3, 0.4) is 0 Å². The number of hydrogen-bond donors (Lipinski definition) is 0. The first-order chi connectivity index (χ1) is 9.61. The second-order valence-electron chi connectivity index (χ2n) is 5.02. The molecule has 1 aromatic heterocycles. The van der Waals surface area contributed by atoms with Crippen molar-refractivity contribution in [2.24, 2.45) is 5.92 Å². The Hall–Kier alpha value is -1.91. The zero-order chi connectivity index (χ0) is 14.5. The van der Waals surface area contributed by atoms with E-state index >= 15 is 0 Å². The van der Waals surface area contributed by atoms with Gasteiger partial charge in [-0.2, -0.15) is 0 Å². The third kappa shape index (κ3) is 3.35. The molecule has 0 aromatic carbocycles. The number of carbonyl (C=O) groups is 2. The van der Waals surface area contributed by atoms with E-state index in [1.165, 1.54) is 6.20 Å². The molecule has 1 aromatic rings. The summed E-state index contributed by atoms with van der Waals surface area (Å²) in [6.07, 6.45) is 3.48. The number of anilines is 1. The van der Waals surface area contributed by atoms with Crippen molar-refractivity contribution in [2.45, 2.75) is 26.7 Å². The second kappa shape index (κ2) is 6.50. The molecule has 1 fully saturated rings. The first kappa shape index (κ1) is 14.5. The average Bonchev–Trinajstić information content (AvgIpc) is 2.48. The van der Waals surface area contributed by atoms with E-state index in [0.29, 0.717) is 18.7 Å². The Morgan fingerprint density at radius 1 is 1.45 bits per heavy atom. The third-order valence-electron chi connectivity index (χ3n) is 3.58. The summed E-state index contributed by atoms with van der Waals surface area (Å²) >= 11 is 0. The predicted octanol–water partition coefficient (Wildman–Crippen LogP) is 2.06. The van der Waals surface area contributed by atoms with Crippen LogP contribution in [0.4, 0.5) is 5.82 Å². The minimum atomic E-state index is -0.355. The molecule has 0 aliphatic carbocycles. The van der Waals surface area contributed by atoms with Gasteiger partial charge in [0.2, 0.25) is 0 Å². The average molecular weight is 276 g/mol. The number of esters is 1. The van der Waals surface area contributed by atoms with Crippen LogP contribution in [0.5, 0.6) is 0 Å². The number of carbonyl (C=O) groups excluding carboxylic acids is 2. The molecular formula is C15H20N2O3. The van der Waals surface area contributed by atoms with Crippen LogP contribution in [-0.4, -0.2) is 36.4 Å². The zero-order valence-electron chi connectivity index (χ0n) is 12.0. The van der Waals surface area contributed by atoms with Crippen molar-refractivity contribution < 1.29 is 14.3 Å². The molecule has 0 saturated carbocycles. The molecule has 0 radical (unpaired) electrons. The van der Waals surface area contributed by atoms with Gasteiger partial charge < -0.3 is 9.64 Å². The van der Waals surface area contributed by atoms with Gasteiger partial charge in [-0.1, -0.05) is 0 Å². The van der Waals surface area contributed by atoms with Gasteiger partial charge in [0.1, 0.15) is 11.6 Å². The lowest BCUT2D eigenvalue weighted by Crippen LogP contribution is -2.38. The smallest absolute Gasteiger partial charge is 0.339 e. The normalized spacial score (nSPS) is 18.7. The predicted molar refractivity (Wildman–Crippen MR) is 75.8 cm³/mol. The van der Waals surface area contributed by atoms with E-state index in [9.17, 15) is 9.59 Å². The van der Waals surface area contributed by atoms with Crippen LogP contribution in [0.1, 0.15) is 37.0 Å². The van der Waals surface area contributed by atoms with Crippen molar-refractivity contribution in [3.63, 3.8) is 0 Å². The van der Waals surface area contributed by atoms with Crippen molar-refractivity contribution in [1.82, 2.24) is 4.98 Å². The second-order valence-corrected chi connectivity index (χ2v) is 5.02. The Balaban J connectivity index is 2.06. The minimum Gasteiger partial charge on any atom is -0.462 e. The topological polar surface area (TPSA) is 59.5 Å². The largest absolute Gasteiger partial charge is 0.462 e. The molecule has 108 valence electrons. The molecule has 1 atom stereocenters. The number of nitrogens with zero attached hydrogens (tertiary/aromatic N) is 2. The standard InChI is InChI=1S/C15H20N2O3/c1-3-20-15(19)12-6-7-14(16-9-12)17-8-4-5-13(10-17)11(2)18/h6-7,9,13H,3-5,8,10H2,1-2H3. The molecule has 1 unspecified atom stereocenters. The van der Waals surface area contributed by atoms with E-state index in [1.807, 2.05) is 6.07 Å². The van der Waals surface area contributed by atoms with Gasteiger partial charge in [0.25, 0.3) is 0 Å². The SMILES string of the molecule is CCOC(=O)c1ccc(N2CCCC(C(C)=O)C2)nc1. The highest BCUT2D eigenvalue weighted by molar-refractivity contribution is 5.89. The van der Waals surface area contributed by atoms with Gasteiger partial charge in [0.05, 0.1) is 12.2 Å². The van der Waals surface area contributed by atoms with Crippen molar-refractivity contribution in [2.75, 3.05) is 24.6 Å². The summed E-state index contributed by atoms with van der Waals surface area (Å²) < 4.78 is 4.92. The van der Waals surface area contributed by atoms with Gasteiger partial charge in [0.15, 0.2) is 0 Å². The number of rotatable bonds is 4. The maximum absolute atomic E-state index is 11.6. The molecule has 1 aliphatic rings. The monoisotopic (exact) mass is 276 g/mol. The fourth-order valence-corrected chi connectivity index (χ4v) is 2.43. The molecule has 1 saturated heterocycles. The van der Waals surface area contributed by atoms with Crippen LogP contribution >= 0.6 is 0 Å². The quantitative estimate of drug-likeness (QED) is 0.788. The molecule has 5 heteroatoms. The van der Waals surface area contributed by atoms with E-state index in [2.05, 4.69) is 9.88 Å². The van der Waals surface area contributed by atoms with Crippen molar-refractivity contribution >= 4 is 17.6 Å². The molecule has 2 rings (SSSR count). The third-order valence-corrected chi connectivity index (χ3v) is 3.58. The summed E-state index contributed by atoms with van der Waals surface area (Å²) in [4.78, 5) is 29.5. The molecule has 2 heterocycles. The van der Waals surface area contributed by atoms with Crippen LogP contribution in [0, 0.1) is 5.92 Å². The van der Waals surface area contributed by atoms with Crippen molar-refractivity contribution in [3.8, 4) is 0 Å². The van der Waals surface area contributed by atoms with Crippen LogP contribution in [-0.2, 0) is 9.53 Å². The van der Waals surface area contributed by atoms with Gasteiger partial charge in [0, 0.05) is 25.2 Å². The van der Waals surface area contributed by atoms with Crippen LogP contribution in [0.2, 0.25) is 0 Å². The highest BCUT2D eigenvalue weighted by atomic mass is 16.5. The lowest BCUT2D eigenvalue weighted by Gasteiger charge is -2.32. The number of piperidine rings is 1. The highest BCUT2D eigenvalue weighted by Gasteiger charge is 2.24. The lowest BCUT2D eigenvalue weighted by atomic mass is 9.94. The van der Waals surface area contributed by atoms with Crippen LogP contribution in [0.25, 0.3) is 0 Å². The van der Waals surface area contributed by atoms with E-state index < -0.39 is 0 Å². The maximum Gasteiger partial charge on any atom is 0.339 e. The molecule has 5 nitrogen and oxygen atoms in total. The summed E-state index contributed by atoms with van der Waals surface area (Å²) in [5, 5.41) is 0. The fraction of sp³-hybridized carbons (Fsp3) is 0.533. The molecular weight excluding hydrogens is 256 g/mol. The Labute approximate surface area is 118 Å². The number of ketones is 1. The van der Waals surface area contributed by atoms with E-state index in [4.69, 9.17) is 4.74 Å². The van der Waals surface area contributed by atoms with Crippen LogP contribution in [0.15, 0.2) is 18.3 Å². The summed E-state index contributed by atoms with van der Waals surface area (Å²) in [6.45, 7) is 5.38. The van der Waals surface area contributed by atoms with Crippen LogP contribution < -0.4 is 4.90 Å². The number of ether oxygens (including phenoxy) is 1. The van der Waals surface area contributed by atoms with Crippen molar-refractivity contribution in [1.29, 1.82) is 0 Å². The number of Topliss-reactive ketones (excluding diaryl/α,β-unsaturated/α-hetero) is 1.